The highest BCUT2D eigenvalue weighted by Gasteiger charge is 2.39. The molecule has 1 N–H and O–H groups in total. The molecule has 0 spiro atoms. The Morgan fingerprint density at radius 1 is 1.07 bits per heavy atom. The van der Waals surface area contributed by atoms with Gasteiger partial charge in [0.25, 0.3) is 0 Å². The van der Waals surface area contributed by atoms with Crippen molar-refractivity contribution in [2.24, 2.45) is 0 Å². The molecule has 2 atom stereocenters. The number of carbonyl (C=O) groups excluding carboxylic acids is 2. The van der Waals surface area contributed by atoms with Gasteiger partial charge in [-0.05, 0) is 81.5 Å². The molecule has 2 amide bonds. The van der Waals surface area contributed by atoms with Gasteiger partial charge < -0.3 is 15.1 Å². The van der Waals surface area contributed by atoms with Gasteiger partial charge >= 0.3 is 6.18 Å². The highest BCUT2D eigenvalue weighted by atomic mass is 35.5. The van der Waals surface area contributed by atoms with E-state index < -0.39 is 34.9 Å². The maximum atomic E-state index is 13.8. The van der Waals surface area contributed by atoms with Crippen molar-refractivity contribution in [3.63, 3.8) is 0 Å². The molecule has 218 valence electrons. The highest BCUT2D eigenvalue weighted by Crippen LogP contribution is 2.36. The molecule has 2 aliphatic rings. The highest BCUT2D eigenvalue weighted by molar-refractivity contribution is 6.42. The van der Waals surface area contributed by atoms with E-state index in [1.54, 1.807) is 32.0 Å². The van der Waals surface area contributed by atoms with Crippen molar-refractivity contribution in [1.29, 1.82) is 0 Å². The van der Waals surface area contributed by atoms with Crippen LogP contribution in [0.4, 0.5) is 17.6 Å². The molecule has 5 nitrogen and oxygen atoms in total. The number of likely N-dealkylation sites (tertiary alicyclic amines) is 2. The van der Waals surface area contributed by atoms with Crippen molar-refractivity contribution in [3.8, 4) is 0 Å². The predicted molar refractivity (Wildman–Crippen MR) is 147 cm³/mol. The number of nitrogens with zero attached hydrogens (tertiary/aromatic N) is 2. The molecule has 2 saturated heterocycles. The van der Waals surface area contributed by atoms with Crippen LogP contribution in [0.2, 0.25) is 10.0 Å². The number of benzene rings is 2. The summed E-state index contributed by atoms with van der Waals surface area (Å²) in [4.78, 5) is 30.2. The van der Waals surface area contributed by atoms with E-state index in [9.17, 15) is 27.2 Å². The molecule has 2 heterocycles. The number of alkyl halides is 3. The molecule has 2 fully saturated rings. The largest absolute Gasteiger partial charge is 0.419 e. The second-order valence-corrected chi connectivity index (χ2v) is 11.7. The summed E-state index contributed by atoms with van der Waals surface area (Å²) in [5.41, 5.74) is -1.70. The van der Waals surface area contributed by atoms with Crippen LogP contribution in [0.25, 0.3) is 0 Å². The third-order valence-corrected chi connectivity index (χ3v) is 8.98. The third kappa shape index (κ3) is 6.74. The first-order valence-electron chi connectivity index (χ1n) is 13.4. The zero-order valence-corrected chi connectivity index (χ0v) is 24.0. The Hall–Kier alpha value is -2.36. The van der Waals surface area contributed by atoms with Crippen molar-refractivity contribution in [2.45, 2.75) is 69.6 Å². The van der Waals surface area contributed by atoms with Crippen LogP contribution < -0.4 is 5.32 Å². The van der Waals surface area contributed by atoms with Crippen LogP contribution in [0.5, 0.6) is 0 Å². The topological polar surface area (TPSA) is 52.7 Å². The summed E-state index contributed by atoms with van der Waals surface area (Å²) in [6, 6.07) is 7.13. The van der Waals surface area contributed by atoms with Crippen LogP contribution in [-0.4, -0.2) is 53.8 Å². The molecule has 2 aliphatic heterocycles. The van der Waals surface area contributed by atoms with Gasteiger partial charge in [-0.1, -0.05) is 35.3 Å². The van der Waals surface area contributed by atoms with Gasteiger partial charge in [0.05, 0.1) is 27.1 Å². The molecular weight excluding hydrogens is 569 g/mol. The number of halogens is 6. The van der Waals surface area contributed by atoms with Crippen molar-refractivity contribution in [2.75, 3.05) is 26.2 Å². The Morgan fingerprint density at radius 3 is 2.38 bits per heavy atom. The number of carbonyl (C=O) groups is 2. The van der Waals surface area contributed by atoms with Crippen molar-refractivity contribution < 1.29 is 27.2 Å². The first-order valence-corrected chi connectivity index (χ1v) is 14.2. The van der Waals surface area contributed by atoms with Crippen molar-refractivity contribution in [1.82, 2.24) is 15.1 Å². The first kappa shape index (κ1) is 30.6. The van der Waals surface area contributed by atoms with E-state index in [1.807, 2.05) is 4.90 Å². The molecule has 0 saturated carbocycles. The Kier molecular flexibility index (Phi) is 9.37. The SMILES string of the molecule is CC(NC(=O)C(C)(CCN1CCC(N2CCCC2=O)CC1)c1ccc(Cl)c(Cl)c1)c1ccc(F)c(C(F)(F)F)c1. The molecule has 4 rings (SSSR count). The van der Waals surface area contributed by atoms with Gasteiger partial charge in [-0.15, -0.1) is 0 Å². The number of hydrogen-bond acceptors (Lipinski definition) is 3. The van der Waals surface area contributed by atoms with Crippen LogP contribution in [-0.2, 0) is 21.2 Å². The molecule has 0 bridgehead atoms. The van der Waals surface area contributed by atoms with E-state index in [0.717, 1.165) is 51.0 Å². The molecule has 2 aromatic carbocycles. The van der Waals surface area contributed by atoms with E-state index in [4.69, 9.17) is 23.2 Å². The molecule has 40 heavy (non-hydrogen) atoms. The minimum Gasteiger partial charge on any atom is -0.349 e. The van der Waals surface area contributed by atoms with E-state index in [2.05, 4.69) is 10.2 Å². The lowest BCUT2D eigenvalue weighted by atomic mass is 9.78. The van der Waals surface area contributed by atoms with Gasteiger partial charge in [0, 0.05) is 32.1 Å². The zero-order valence-electron chi connectivity index (χ0n) is 22.5. The van der Waals surface area contributed by atoms with Crippen molar-refractivity contribution in [3.05, 3.63) is 69.0 Å². The Morgan fingerprint density at radius 2 is 1.77 bits per heavy atom. The van der Waals surface area contributed by atoms with Gasteiger partial charge in [-0.2, -0.15) is 13.2 Å². The molecule has 2 unspecified atom stereocenters. The quantitative estimate of drug-likeness (QED) is 0.340. The molecule has 11 heteroatoms. The minimum atomic E-state index is -4.85. The van der Waals surface area contributed by atoms with E-state index >= 15 is 0 Å². The lowest BCUT2D eigenvalue weighted by Gasteiger charge is -2.38. The Bertz CT molecular complexity index is 1250. The van der Waals surface area contributed by atoms with Gasteiger partial charge in [0.2, 0.25) is 11.8 Å². The van der Waals surface area contributed by atoms with Gasteiger partial charge in [0.1, 0.15) is 5.82 Å². The number of rotatable bonds is 8. The van der Waals surface area contributed by atoms with Gasteiger partial charge in [0.15, 0.2) is 0 Å². The molecule has 0 radical (unpaired) electrons. The van der Waals surface area contributed by atoms with E-state index in [-0.39, 0.29) is 22.5 Å². The van der Waals surface area contributed by atoms with Gasteiger partial charge in [-0.3, -0.25) is 9.59 Å². The summed E-state index contributed by atoms with van der Waals surface area (Å²) in [6.07, 6.45) is -1.19. The average molecular weight is 603 g/mol. The lowest BCUT2D eigenvalue weighted by molar-refractivity contribution is -0.140. The molecule has 0 aliphatic carbocycles. The first-order chi connectivity index (χ1) is 18.8. The van der Waals surface area contributed by atoms with Crippen molar-refractivity contribution >= 4 is 35.0 Å². The predicted octanol–water partition coefficient (Wildman–Crippen LogP) is 6.76. The molecular formula is C29H33Cl2F4N3O2. The fraction of sp³-hybridized carbons (Fsp3) is 0.517. The third-order valence-electron chi connectivity index (χ3n) is 8.24. The van der Waals surface area contributed by atoms with Crippen LogP contribution in [0.15, 0.2) is 36.4 Å². The summed E-state index contributed by atoms with van der Waals surface area (Å²) in [5, 5.41) is 3.46. The lowest BCUT2D eigenvalue weighted by Crippen LogP contribution is -2.48. The van der Waals surface area contributed by atoms with Crippen LogP contribution >= 0.6 is 23.2 Å². The second-order valence-electron chi connectivity index (χ2n) is 10.9. The number of piperidine rings is 1. The van der Waals surface area contributed by atoms with Crippen LogP contribution in [0.3, 0.4) is 0 Å². The number of hydrogen-bond donors (Lipinski definition) is 1. The standard InChI is InChI=1S/C29H33Cl2F4N3O2/c1-18(19-5-8-25(32)22(16-19)29(33,34)35)36-27(40)28(2,20-6-7-23(30)24(31)17-20)11-15-37-13-9-21(10-14-37)38-12-3-4-26(38)39/h5-8,16-18,21H,3-4,9-15H2,1-2H3,(H,36,40). The van der Waals surface area contributed by atoms with Gasteiger partial charge in [-0.25, -0.2) is 4.39 Å². The summed E-state index contributed by atoms with van der Waals surface area (Å²) in [7, 11) is 0. The summed E-state index contributed by atoms with van der Waals surface area (Å²) in [6.45, 7) is 6.32. The normalized spacial score (nSPS) is 19.5. The fourth-order valence-corrected chi connectivity index (χ4v) is 5.89. The summed E-state index contributed by atoms with van der Waals surface area (Å²) in [5.74, 6) is -1.54. The maximum absolute atomic E-state index is 13.8. The smallest absolute Gasteiger partial charge is 0.349 e. The fourth-order valence-electron chi connectivity index (χ4n) is 5.59. The monoisotopic (exact) mass is 601 g/mol. The zero-order chi connectivity index (χ0) is 29.2. The molecule has 2 aromatic rings. The number of amides is 2. The van der Waals surface area contributed by atoms with E-state index in [0.29, 0.717) is 30.0 Å². The Balaban J connectivity index is 1.49. The molecule has 0 aromatic heterocycles. The van der Waals surface area contributed by atoms with E-state index in [1.165, 1.54) is 6.07 Å². The van der Waals surface area contributed by atoms with Crippen LogP contribution in [0, 0.1) is 5.82 Å². The summed E-state index contributed by atoms with van der Waals surface area (Å²) >= 11 is 12.4. The maximum Gasteiger partial charge on any atom is 0.419 e. The summed E-state index contributed by atoms with van der Waals surface area (Å²) < 4.78 is 53.6. The minimum absolute atomic E-state index is 0.136. The number of nitrogens with one attached hydrogen (secondary N) is 1. The average Bonchev–Trinajstić information content (AvgIpc) is 3.34. The second kappa shape index (κ2) is 12.2. The Labute approximate surface area is 241 Å². The van der Waals surface area contributed by atoms with Crippen LogP contribution in [0.1, 0.15) is 68.7 Å².